The van der Waals surface area contributed by atoms with Crippen LogP contribution in [0, 0.1) is 5.82 Å². The Balaban J connectivity index is 1.52. The van der Waals surface area contributed by atoms with E-state index in [9.17, 15) is 14.0 Å². The molecule has 8 heteroatoms. The summed E-state index contributed by atoms with van der Waals surface area (Å²) >= 11 is 6.54. The van der Waals surface area contributed by atoms with Gasteiger partial charge in [-0.1, -0.05) is 60.4 Å². The highest BCUT2D eigenvalue weighted by atomic mass is 32.2. The molecule has 0 saturated carbocycles. The average Bonchev–Trinajstić information content (AvgIpc) is 3.32. The van der Waals surface area contributed by atoms with Crippen LogP contribution in [0.3, 0.4) is 0 Å². The number of carbonyl (C=O) groups is 2. The third kappa shape index (κ3) is 4.45. The number of hydrogen-bond acceptors (Lipinski definition) is 5. The number of carbonyl (C=O) groups excluding carboxylic acids is 1. The lowest BCUT2D eigenvalue weighted by molar-refractivity contribution is -0.122. The Morgan fingerprint density at radius 3 is 2.65 bits per heavy atom. The Labute approximate surface area is 187 Å². The van der Waals surface area contributed by atoms with Crippen LogP contribution in [0.4, 0.5) is 4.39 Å². The molecule has 1 aromatic heterocycles. The predicted octanol–water partition coefficient (Wildman–Crippen LogP) is 5.23. The maximum atomic E-state index is 14.5. The van der Waals surface area contributed by atoms with Crippen molar-refractivity contribution in [2.75, 3.05) is 6.54 Å². The first-order valence-electron chi connectivity index (χ1n) is 9.35. The number of aromatic carboxylic acids is 1. The van der Waals surface area contributed by atoms with E-state index in [-0.39, 0.29) is 17.2 Å². The molecule has 156 valence electrons. The molecule has 0 atom stereocenters. The van der Waals surface area contributed by atoms with Crippen molar-refractivity contribution < 1.29 is 23.5 Å². The Bertz CT molecular complexity index is 1200. The molecule has 0 aliphatic carbocycles. The number of rotatable bonds is 6. The van der Waals surface area contributed by atoms with E-state index in [1.807, 2.05) is 30.3 Å². The molecule has 0 bridgehead atoms. The Hall–Kier alpha value is -3.23. The Morgan fingerprint density at radius 1 is 1.13 bits per heavy atom. The summed E-state index contributed by atoms with van der Waals surface area (Å²) in [4.78, 5) is 25.9. The summed E-state index contributed by atoms with van der Waals surface area (Å²) < 4.78 is 20.6. The largest absolute Gasteiger partial charge is 0.478 e. The minimum absolute atomic E-state index is 0.0370. The van der Waals surface area contributed by atoms with Gasteiger partial charge in [0.2, 0.25) is 0 Å². The van der Waals surface area contributed by atoms with E-state index >= 15 is 0 Å². The number of carboxylic acid groups (broad SMARTS) is 1. The van der Waals surface area contributed by atoms with Crippen LogP contribution >= 0.6 is 24.0 Å². The van der Waals surface area contributed by atoms with Gasteiger partial charge in [-0.25, -0.2) is 9.18 Å². The zero-order valence-corrected chi connectivity index (χ0v) is 17.7. The lowest BCUT2D eigenvalue weighted by Crippen LogP contribution is -2.30. The predicted molar refractivity (Wildman–Crippen MR) is 121 cm³/mol. The molecule has 0 radical (unpaired) electrons. The average molecular weight is 454 g/mol. The van der Waals surface area contributed by atoms with Gasteiger partial charge in [-0.05, 0) is 36.2 Å². The quantitative estimate of drug-likeness (QED) is 0.407. The molecule has 31 heavy (non-hydrogen) atoms. The molecule has 0 unspecified atom stereocenters. The number of carboxylic acids is 1. The number of halogens is 1. The van der Waals surface area contributed by atoms with Gasteiger partial charge in [0.25, 0.3) is 5.91 Å². The molecule has 4 rings (SSSR count). The number of thioether (sulfide) groups is 1. The fourth-order valence-corrected chi connectivity index (χ4v) is 4.46. The van der Waals surface area contributed by atoms with Gasteiger partial charge in [-0.15, -0.1) is 0 Å². The Kier molecular flexibility index (Phi) is 6.01. The summed E-state index contributed by atoms with van der Waals surface area (Å²) in [6, 6.07) is 17.0. The van der Waals surface area contributed by atoms with Gasteiger partial charge in [-0.2, -0.15) is 0 Å². The van der Waals surface area contributed by atoms with Crippen LogP contribution in [0.1, 0.15) is 21.7 Å². The van der Waals surface area contributed by atoms with Gasteiger partial charge in [0, 0.05) is 12.6 Å². The maximum absolute atomic E-state index is 14.5. The number of nitrogens with zero attached hydrogens (tertiary/aromatic N) is 1. The highest BCUT2D eigenvalue weighted by Crippen LogP contribution is 2.34. The SMILES string of the molecule is O=C(O)c1cccc(-c2ccc(/C=C3\SC(=S)N(CCc4ccccc4)C3=O)o2)c1F. The van der Waals surface area contributed by atoms with Crippen molar-refractivity contribution in [3.05, 3.63) is 88.3 Å². The molecule has 1 fully saturated rings. The monoisotopic (exact) mass is 453 g/mol. The van der Waals surface area contributed by atoms with Crippen LogP contribution in [0.2, 0.25) is 0 Å². The molecule has 1 aliphatic heterocycles. The van der Waals surface area contributed by atoms with Crippen LogP contribution in [0.15, 0.2) is 70.0 Å². The Morgan fingerprint density at radius 2 is 1.90 bits per heavy atom. The van der Waals surface area contributed by atoms with Gasteiger partial charge in [-0.3, -0.25) is 9.69 Å². The number of hydrogen-bond donors (Lipinski definition) is 1. The minimum atomic E-state index is -1.36. The number of furan rings is 1. The van der Waals surface area contributed by atoms with E-state index in [2.05, 4.69) is 0 Å². The van der Waals surface area contributed by atoms with Crippen LogP contribution in [-0.4, -0.2) is 32.7 Å². The molecule has 2 heterocycles. The van der Waals surface area contributed by atoms with E-state index in [4.69, 9.17) is 21.7 Å². The second-order valence-corrected chi connectivity index (χ2v) is 8.42. The summed E-state index contributed by atoms with van der Waals surface area (Å²) in [7, 11) is 0. The van der Waals surface area contributed by atoms with Crippen molar-refractivity contribution in [2.45, 2.75) is 6.42 Å². The van der Waals surface area contributed by atoms with Crippen LogP contribution in [0.5, 0.6) is 0 Å². The van der Waals surface area contributed by atoms with Crippen molar-refractivity contribution in [2.24, 2.45) is 0 Å². The van der Waals surface area contributed by atoms with Crippen molar-refractivity contribution in [3.8, 4) is 11.3 Å². The summed E-state index contributed by atoms with van der Waals surface area (Å²) in [5, 5.41) is 9.09. The van der Waals surface area contributed by atoms with Crippen molar-refractivity contribution in [1.82, 2.24) is 4.90 Å². The molecule has 3 aromatic rings. The van der Waals surface area contributed by atoms with E-state index in [0.717, 1.165) is 5.56 Å². The van der Waals surface area contributed by atoms with E-state index in [1.54, 1.807) is 17.0 Å². The highest BCUT2D eigenvalue weighted by molar-refractivity contribution is 8.26. The molecule has 1 amide bonds. The molecule has 0 spiro atoms. The van der Waals surface area contributed by atoms with E-state index in [1.165, 1.54) is 36.0 Å². The summed E-state index contributed by atoms with van der Waals surface area (Å²) in [6.07, 6.45) is 2.24. The van der Waals surface area contributed by atoms with Crippen LogP contribution in [-0.2, 0) is 11.2 Å². The fraction of sp³-hybridized carbons (Fsp3) is 0.0870. The molecule has 1 N–H and O–H groups in total. The van der Waals surface area contributed by atoms with Crippen molar-refractivity contribution >= 4 is 46.3 Å². The zero-order chi connectivity index (χ0) is 22.0. The first-order chi connectivity index (χ1) is 14.9. The maximum Gasteiger partial charge on any atom is 0.338 e. The smallest absolute Gasteiger partial charge is 0.338 e. The van der Waals surface area contributed by atoms with Gasteiger partial charge in [0.15, 0.2) is 0 Å². The van der Waals surface area contributed by atoms with E-state index in [0.29, 0.717) is 28.0 Å². The summed E-state index contributed by atoms with van der Waals surface area (Å²) in [5.41, 5.74) is 0.714. The second-order valence-electron chi connectivity index (χ2n) is 6.74. The molecule has 5 nitrogen and oxygen atoms in total. The first kappa shape index (κ1) is 21.0. The summed E-state index contributed by atoms with van der Waals surface area (Å²) in [6.45, 7) is 0.475. The summed E-state index contributed by atoms with van der Waals surface area (Å²) in [5.74, 6) is -1.92. The van der Waals surface area contributed by atoms with Gasteiger partial charge >= 0.3 is 5.97 Å². The standard InChI is InChI=1S/C23H16FNO4S2/c24-20-16(7-4-8-17(20)22(27)28)18-10-9-15(29-18)13-19-21(26)25(23(30)31-19)12-11-14-5-2-1-3-6-14/h1-10,13H,11-12H2,(H,27,28)/b19-13-. The van der Waals surface area contributed by atoms with Crippen LogP contribution < -0.4 is 0 Å². The number of thiocarbonyl (C=S) groups is 1. The third-order valence-electron chi connectivity index (χ3n) is 4.74. The van der Waals surface area contributed by atoms with Gasteiger partial charge < -0.3 is 9.52 Å². The molecular formula is C23H16FNO4S2. The third-order valence-corrected chi connectivity index (χ3v) is 6.11. The van der Waals surface area contributed by atoms with Crippen molar-refractivity contribution in [3.63, 3.8) is 0 Å². The minimum Gasteiger partial charge on any atom is -0.478 e. The highest BCUT2D eigenvalue weighted by Gasteiger charge is 2.32. The lowest BCUT2D eigenvalue weighted by Gasteiger charge is -2.14. The number of benzene rings is 2. The number of amides is 1. The topological polar surface area (TPSA) is 70.8 Å². The second kappa shape index (κ2) is 8.87. The normalized spacial score (nSPS) is 15.1. The zero-order valence-electron chi connectivity index (χ0n) is 16.1. The molecular weight excluding hydrogens is 437 g/mol. The van der Waals surface area contributed by atoms with Crippen LogP contribution in [0.25, 0.3) is 17.4 Å². The fourth-order valence-electron chi connectivity index (χ4n) is 3.17. The van der Waals surface area contributed by atoms with E-state index < -0.39 is 17.3 Å². The van der Waals surface area contributed by atoms with Gasteiger partial charge in [0.1, 0.15) is 21.7 Å². The lowest BCUT2D eigenvalue weighted by atomic mass is 10.1. The first-order valence-corrected chi connectivity index (χ1v) is 10.6. The molecule has 1 aliphatic rings. The van der Waals surface area contributed by atoms with Gasteiger partial charge in [0.05, 0.1) is 16.0 Å². The molecule has 2 aromatic carbocycles. The van der Waals surface area contributed by atoms with Crippen molar-refractivity contribution in [1.29, 1.82) is 0 Å². The molecule has 1 saturated heterocycles.